The summed E-state index contributed by atoms with van der Waals surface area (Å²) in [6, 6.07) is 3.11. The number of Topliss-reactive ketones (excluding diaryl/α,β-unsaturated/α-hetero) is 1. The van der Waals surface area contributed by atoms with Crippen LogP contribution in [0.3, 0.4) is 0 Å². The monoisotopic (exact) mass is 360 g/mol. The van der Waals surface area contributed by atoms with Crippen molar-refractivity contribution >= 4 is 23.6 Å². The highest BCUT2D eigenvalue weighted by atomic mass is 16.4. The topological polar surface area (TPSA) is 112 Å². The third-order valence-corrected chi connectivity index (χ3v) is 4.90. The quantitative estimate of drug-likeness (QED) is 0.609. The average molecular weight is 360 g/mol. The number of nitrogens with zero attached hydrogens (tertiary/aromatic N) is 2. The number of aliphatic carboxylic acids is 1. The fourth-order valence-corrected chi connectivity index (χ4v) is 3.17. The van der Waals surface area contributed by atoms with E-state index in [1.54, 1.807) is 12.1 Å². The van der Waals surface area contributed by atoms with Crippen LogP contribution in [0.25, 0.3) is 0 Å². The fraction of sp³-hybridized carbons (Fsp3) is 0.556. The number of amides is 2. The van der Waals surface area contributed by atoms with Gasteiger partial charge in [-0.05, 0) is 50.7 Å². The summed E-state index contributed by atoms with van der Waals surface area (Å²) in [5, 5.41) is 14.6. The number of carbonyl (C=O) groups excluding carboxylic acids is 2. The number of hydrogen-bond acceptors (Lipinski definition) is 5. The summed E-state index contributed by atoms with van der Waals surface area (Å²) in [6.45, 7) is 2.36. The molecule has 140 valence electrons. The lowest BCUT2D eigenvalue weighted by molar-refractivity contribution is -0.139. The minimum absolute atomic E-state index is 0.0343. The smallest absolute Gasteiger partial charge is 0.320 e. The van der Waals surface area contributed by atoms with E-state index < -0.39 is 5.97 Å². The highest BCUT2D eigenvalue weighted by Crippen LogP contribution is 2.33. The first kappa shape index (κ1) is 18.3. The van der Waals surface area contributed by atoms with Crippen molar-refractivity contribution in [1.29, 1.82) is 0 Å². The predicted octanol–water partition coefficient (Wildman–Crippen LogP) is 1.73. The Morgan fingerprint density at radius 1 is 1.27 bits per heavy atom. The Kier molecular flexibility index (Phi) is 5.51. The Balaban J connectivity index is 1.43. The van der Waals surface area contributed by atoms with E-state index in [-0.39, 0.29) is 30.4 Å². The summed E-state index contributed by atoms with van der Waals surface area (Å²) in [7, 11) is 0. The number of rotatable bonds is 8. The lowest BCUT2D eigenvalue weighted by atomic mass is 9.85. The summed E-state index contributed by atoms with van der Waals surface area (Å²) >= 11 is 0. The van der Waals surface area contributed by atoms with Crippen molar-refractivity contribution in [3.8, 4) is 0 Å². The molecule has 26 heavy (non-hydrogen) atoms. The Labute approximate surface area is 152 Å². The van der Waals surface area contributed by atoms with Crippen molar-refractivity contribution in [2.75, 3.05) is 18.4 Å². The predicted molar refractivity (Wildman–Crippen MR) is 95.1 cm³/mol. The lowest BCUT2D eigenvalue weighted by Crippen LogP contribution is -2.55. The first-order valence-corrected chi connectivity index (χ1v) is 8.91. The Bertz CT molecular complexity index is 681. The molecule has 1 aromatic heterocycles. The SMILES string of the molecule is CC(=O)c1ccc(NC(=O)NC2CC(N(CC(=O)O)CC3CC3)C2)nc1. The maximum absolute atomic E-state index is 12.0. The largest absolute Gasteiger partial charge is 0.480 e. The molecule has 0 radical (unpaired) electrons. The highest BCUT2D eigenvalue weighted by Gasteiger charge is 2.37. The maximum Gasteiger partial charge on any atom is 0.320 e. The molecule has 0 unspecified atom stereocenters. The number of aromatic nitrogens is 1. The van der Waals surface area contributed by atoms with Gasteiger partial charge in [-0.3, -0.25) is 19.8 Å². The van der Waals surface area contributed by atoms with E-state index in [2.05, 4.69) is 15.6 Å². The number of carboxylic acids is 1. The molecule has 2 saturated carbocycles. The second-order valence-electron chi connectivity index (χ2n) is 7.18. The van der Waals surface area contributed by atoms with Gasteiger partial charge in [-0.1, -0.05) is 0 Å². The van der Waals surface area contributed by atoms with Gasteiger partial charge in [0.2, 0.25) is 0 Å². The molecule has 0 bridgehead atoms. The third-order valence-electron chi connectivity index (χ3n) is 4.90. The van der Waals surface area contributed by atoms with Crippen LogP contribution >= 0.6 is 0 Å². The lowest BCUT2D eigenvalue weighted by Gasteiger charge is -2.42. The molecule has 8 nitrogen and oxygen atoms in total. The minimum Gasteiger partial charge on any atom is -0.480 e. The molecule has 0 spiro atoms. The van der Waals surface area contributed by atoms with E-state index >= 15 is 0 Å². The van der Waals surface area contributed by atoms with Gasteiger partial charge < -0.3 is 10.4 Å². The van der Waals surface area contributed by atoms with E-state index in [0.717, 1.165) is 19.4 Å². The van der Waals surface area contributed by atoms with Crippen molar-refractivity contribution in [3.63, 3.8) is 0 Å². The van der Waals surface area contributed by atoms with E-state index in [0.29, 0.717) is 17.3 Å². The Morgan fingerprint density at radius 3 is 2.54 bits per heavy atom. The van der Waals surface area contributed by atoms with Crippen LogP contribution in [0.5, 0.6) is 0 Å². The van der Waals surface area contributed by atoms with Gasteiger partial charge in [-0.15, -0.1) is 0 Å². The highest BCUT2D eigenvalue weighted by molar-refractivity contribution is 5.94. The number of carboxylic acid groups (broad SMARTS) is 1. The molecular formula is C18H24N4O4. The van der Waals surface area contributed by atoms with E-state index in [1.165, 1.54) is 26.0 Å². The van der Waals surface area contributed by atoms with E-state index in [9.17, 15) is 14.4 Å². The fourth-order valence-electron chi connectivity index (χ4n) is 3.17. The molecule has 2 amide bonds. The Morgan fingerprint density at radius 2 is 2.00 bits per heavy atom. The van der Waals surface area contributed by atoms with Gasteiger partial charge in [0.1, 0.15) is 5.82 Å². The number of hydrogen-bond donors (Lipinski definition) is 3. The van der Waals surface area contributed by atoms with Crippen molar-refractivity contribution in [3.05, 3.63) is 23.9 Å². The third kappa shape index (κ3) is 5.01. The van der Waals surface area contributed by atoms with Gasteiger partial charge in [0, 0.05) is 30.4 Å². The molecule has 3 rings (SSSR count). The molecule has 0 atom stereocenters. The molecular weight excluding hydrogens is 336 g/mol. The van der Waals surface area contributed by atoms with Gasteiger partial charge in [-0.2, -0.15) is 0 Å². The molecule has 0 aromatic carbocycles. The number of nitrogens with one attached hydrogen (secondary N) is 2. The van der Waals surface area contributed by atoms with Crippen LogP contribution in [0.15, 0.2) is 18.3 Å². The van der Waals surface area contributed by atoms with Crippen LogP contribution in [0, 0.1) is 5.92 Å². The zero-order valence-electron chi connectivity index (χ0n) is 14.8. The summed E-state index contributed by atoms with van der Waals surface area (Å²) in [4.78, 5) is 40.4. The van der Waals surface area contributed by atoms with Gasteiger partial charge in [0.15, 0.2) is 5.78 Å². The molecule has 0 aliphatic heterocycles. The number of anilines is 1. The van der Waals surface area contributed by atoms with Gasteiger partial charge in [0.25, 0.3) is 0 Å². The van der Waals surface area contributed by atoms with Gasteiger partial charge in [0.05, 0.1) is 6.54 Å². The zero-order valence-corrected chi connectivity index (χ0v) is 14.8. The summed E-state index contributed by atoms with van der Waals surface area (Å²) in [5.74, 6) is 0.129. The second-order valence-corrected chi connectivity index (χ2v) is 7.18. The van der Waals surface area contributed by atoms with Gasteiger partial charge >= 0.3 is 12.0 Å². The molecule has 2 fully saturated rings. The van der Waals surface area contributed by atoms with Crippen molar-refractivity contribution in [2.24, 2.45) is 5.92 Å². The molecule has 1 heterocycles. The summed E-state index contributed by atoms with van der Waals surface area (Å²) in [6.07, 6.45) is 5.30. The van der Waals surface area contributed by atoms with Crippen LogP contribution in [-0.2, 0) is 4.79 Å². The molecule has 2 aliphatic carbocycles. The first-order chi connectivity index (χ1) is 12.4. The maximum atomic E-state index is 12.0. The van der Waals surface area contributed by atoms with Crippen LogP contribution in [-0.4, -0.2) is 57.9 Å². The normalized spacial score (nSPS) is 21.8. The molecule has 3 N–H and O–H groups in total. The second kappa shape index (κ2) is 7.82. The molecule has 2 aliphatic rings. The average Bonchev–Trinajstić information content (AvgIpc) is 3.34. The van der Waals surface area contributed by atoms with Crippen LogP contribution in [0.4, 0.5) is 10.6 Å². The standard InChI is InChI=1S/C18H24N4O4/c1-11(23)13-4-5-16(19-8-13)21-18(26)20-14-6-15(7-14)22(10-17(24)25)9-12-2-3-12/h4-5,8,12,14-15H,2-3,6-7,9-10H2,1H3,(H,24,25)(H2,19,20,21,26). The number of urea groups is 1. The molecule has 8 heteroatoms. The van der Waals surface area contributed by atoms with Crippen molar-refractivity contribution in [1.82, 2.24) is 15.2 Å². The minimum atomic E-state index is -0.806. The number of ketones is 1. The van der Waals surface area contributed by atoms with Crippen molar-refractivity contribution < 1.29 is 19.5 Å². The van der Waals surface area contributed by atoms with Gasteiger partial charge in [-0.25, -0.2) is 9.78 Å². The zero-order chi connectivity index (χ0) is 18.7. The van der Waals surface area contributed by atoms with Crippen LogP contribution < -0.4 is 10.6 Å². The van der Waals surface area contributed by atoms with E-state index in [4.69, 9.17) is 5.11 Å². The van der Waals surface area contributed by atoms with E-state index in [1.807, 2.05) is 4.90 Å². The summed E-state index contributed by atoms with van der Waals surface area (Å²) < 4.78 is 0. The van der Waals surface area contributed by atoms with Crippen LogP contribution in [0.1, 0.15) is 43.0 Å². The summed E-state index contributed by atoms with van der Waals surface area (Å²) in [5.41, 5.74) is 0.493. The number of pyridine rings is 1. The van der Waals surface area contributed by atoms with Crippen LogP contribution in [0.2, 0.25) is 0 Å². The number of carbonyl (C=O) groups is 3. The first-order valence-electron chi connectivity index (χ1n) is 8.91. The molecule has 0 saturated heterocycles. The van der Waals surface area contributed by atoms with Crippen molar-refractivity contribution in [2.45, 2.75) is 44.7 Å². The molecule has 1 aromatic rings. The Hall–Kier alpha value is -2.48.